The van der Waals surface area contributed by atoms with E-state index in [9.17, 15) is 0 Å². The molecule has 19 heavy (non-hydrogen) atoms. The van der Waals surface area contributed by atoms with Crippen molar-refractivity contribution in [2.24, 2.45) is 0 Å². The first kappa shape index (κ1) is 11.8. The molecule has 0 aliphatic heterocycles. The molecular formula is C15H11N3S. The summed E-state index contributed by atoms with van der Waals surface area (Å²) in [5.74, 6) is 0.839. The van der Waals surface area contributed by atoms with Gasteiger partial charge in [-0.25, -0.2) is 4.98 Å². The number of rotatable bonds is 3. The Morgan fingerprint density at radius 2 is 1.89 bits per heavy atom. The molecule has 4 heteroatoms. The molecule has 1 heterocycles. The van der Waals surface area contributed by atoms with Crippen molar-refractivity contribution in [1.82, 2.24) is 9.97 Å². The van der Waals surface area contributed by atoms with Gasteiger partial charge in [-0.15, -0.1) is 0 Å². The van der Waals surface area contributed by atoms with E-state index in [2.05, 4.69) is 16.0 Å². The van der Waals surface area contributed by atoms with Crippen LogP contribution in [-0.4, -0.2) is 9.97 Å². The van der Waals surface area contributed by atoms with E-state index in [1.54, 1.807) is 11.8 Å². The minimum Gasteiger partial charge on any atom is -0.333 e. The van der Waals surface area contributed by atoms with E-state index in [-0.39, 0.29) is 0 Å². The predicted molar refractivity (Wildman–Crippen MR) is 76.8 cm³/mol. The van der Waals surface area contributed by atoms with Gasteiger partial charge in [-0.05, 0) is 29.8 Å². The number of benzene rings is 2. The second-order valence-electron chi connectivity index (χ2n) is 4.16. The van der Waals surface area contributed by atoms with Gasteiger partial charge in [0.25, 0.3) is 0 Å². The number of H-pyrrole nitrogens is 1. The number of nitrogens with one attached hydrogen (secondary N) is 1. The zero-order valence-electron chi connectivity index (χ0n) is 10.1. The number of nitriles is 1. The smallest absolute Gasteiger partial charge is 0.166 e. The Hall–Kier alpha value is -2.25. The number of imidazole rings is 1. The van der Waals surface area contributed by atoms with Crippen LogP contribution in [0.15, 0.2) is 53.7 Å². The summed E-state index contributed by atoms with van der Waals surface area (Å²) >= 11 is 1.66. The summed E-state index contributed by atoms with van der Waals surface area (Å²) in [4.78, 5) is 7.80. The van der Waals surface area contributed by atoms with E-state index in [1.807, 2.05) is 48.5 Å². The third-order valence-electron chi connectivity index (χ3n) is 2.83. The summed E-state index contributed by atoms with van der Waals surface area (Å²) in [6.45, 7) is 0. The average molecular weight is 265 g/mol. The first-order valence-corrected chi connectivity index (χ1v) is 6.90. The standard InChI is InChI=1S/C15H11N3S/c16-9-11-5-7-12(8-6-11)10-19-15-17-13-3-1-2-4-14(13)18-15/h1-8H,10H2,(H,17,18). The Kier molecular flexibility index (Phi) is 3.21. The van der Waals surface area contributed by atoms with Crippen LogP contribution in [0.5, 0.6) is 0 Å². The quantitative estimate of drug-likeness (QED) is 0.734. The van der Waals surface area contributed by atoms with Crippen LogP contribution in [0.3, 0.4) is 0 Å². The van der Waals surface area contributed by atoms with Gasteiger partial charge in [0.05, 0.1) is 22.7 Å². The Morgan fingerprint density at radius 1 is 1.11 bits per heavy atom. The molecule has 0 bridgehead atoms. The van der Waals surface area contributed by atoms with Gasteiger partial charge >= 0.3 is 0 Å². The maximum atomic E-state index is 8.75. The number of hydrogen-bond acceptors (Lipinski definition) is 3. The van der Waals surface area contributed by atoms with E-state index in [0.717, 1.165) is 21.9 Å². The second kappa shape index (κ2) is 5.17. The third-order valence-corrected chi connectivity index (χ3v) is 3.77. The van der Waals surface area contributed by atoms with Crippen molar-refractivity contribution in [1.29, 1.82) is 5.26 Å². The number of aromatic amines is 1. The van der Waals surface area contributed by atoms with E-state index in [1.165, 1.54) is 5.56 Å². The molecule has 0 unspecified atom stereocenters. The number of hydrogen-bond donors (Lipinski definition) is 1. The van der Waals surface area contributed by atoms with Crippen LogP contribution in [0.1, 0.15) is 11.1 Å². The first-order chi connectivity index (χ1) is 9.35. The van der Waals surface area contributed by atoms with Crippen molar-refractivity contribution >= 4 is 22.8 Å². The number of nitrogens with zero attached hydrogens (tertiary/aromatic N) is 2. The number of fused-ring (bicyclic) bond motifs is 1. The fraction of sp³-hybridized carbons (Fsp3) is 0.0667. The molecule has 2 aromatic carbocycles. The van der Waals surface area contributed by atoms with Gasteiger partial charge in [-0.3, -0.25) is 0 Å². The molecular weight excluding hydrogens is 254 g/mol. The minimum absolute atomic E-state index is 0.692. The Bertz CT molecular complexity index is 705. The molecule has 1 N–H and O–H groups in total. The molecule has 0 saturated heterocycles. The largest absolute Gasteiger partial charge is 0.333 e. The molecule has 0 amide bonds. The van der Waals surface area contributed by atoms with Gasteiger partial charge in [-0.2, -0.15) is 5.26 Å². The zero-order valence-corrected chi connectivity index (χ0v) is 10.9. The van der Waals surface area contributed by atoms with Crippen LogP contribution < -0.4 is 0 Å². The molecule has 3 nitrogen and oxygen atoms in total. The molecule has 3 aromatic rings. The minimum atomic E-state index is 0.692. The summed E-state index contributed by atoms with van der Waals surface area (Å²) in [5.41, 5.74) is 3.93. The van der Waals surface area contributed by atoms with E-state index < -0.39 is 0 Å². The van der Waals surface area contributed by atoms with Crippen LogP contribution >= 0.6 is 11.8 Å². The topological polar surface area (TPSA) is 52.5 Å². The molecule has 0 saturated carbocycles. The lowest BCUT2D eigenvalue weighted by molar-refractivity contribution is 1.08. The maximum Gasteiger partial charge on any atom is 0.166 e. The van der Waals surface area contributed by atoms with E-state index in [0.29, 0.717) is 5.56 Å². The van der Waals surface area contributed by atoms with Crippen LogP contribution in [-0.2, 0) is 5.75 Å². The van der Waals surface area contributed by atoms with E-state index in [4.69, 9.17) is 5.26 Å². The summed E-state index contributed by atoms with van der Waals surface area (Å²) < 4.78 is 0. The molecule has 0 radical (unpaired) electrons. The Balaban J connectivity index is 1.73. The number of aromatic nitrogens is 2. The fourth-order valence-corrected chi connectivity index (χ4v) is 2.67. The molecule has 3 rings (SSSR count). The van der Waals surface area contributed by atoms with E-state index >= 15 is 0 Å². The lowest BCUT2D eigenvalue weighted by Gasteiger charge is -1.98. The number of para-hydroxylation sites is 2. The number of thioether (sulfide) groups is 1. The highest BCUT2D eigenvalue weighted by atomic mass is 32.2. The summed E-state index contributed by atoms with van der Waals surface area (Å²) in [6, 6.07) is 17.8. The van der Waals surface area contributed by atoms with Gasteiger partial charge in [0.2, 0.25) is 0 Å². The first-order valence-electron chi connectivity index (χ1n) is 5.92. The predicted octanol–water partition coefficient (Wildman–Crippen LogP) is 3.73. The summed E-state index contributed by atoms with van der Waals surface area (Å²) in [6.07, 6.45) is 0. The molecule has 0 fully saturated rings. The monoisotopic (exact) mass is 265 g/mol. The molecule has 0 atom stereocenters. The average Bonchev–Trinajstić information content (AvgIpc) is 2.88. The van der Waals surface area contributed by atoms with Crippen molar-refractivity contribution in [3.63, 3.8) is 0 Å². The second-order valence-corrected chi connectivity index (χ2v) is 5.12. The maximum absolute atomic E-state index is 8.75. The highest BCUT2D eigenvalue weighted by Gasteiger charge is 2.03. The lowest BCUT2D eigenvalue weighted by Crippen LogP contribution is -1.82. The van der Waals surface area contributed by atoms with Crippen LogP contribution in [0.2, 0.25) is 0 Å². The summed E-state index contributed by atoms with van der Waals surface area (Å²) in [7, 11) is 0. The van der Waals surface area contributed by atoms with Gasteiger partial charge in [0, 0.05) is 5.75 Å². The van der Waals surface area contributed by atoms with Gasteiger partial charge in [0.1, 0.15) is 0 Å². The summed E-state index contributed by atoms with van der Waals surface area (Å²) in [5, 5.41) is 9.67. The highest BCUT2D eigenvalue weighted by molar-refractivity contribution is 7.98. The van der Waals surface area contributed by atoms with Crippen molar-refractivity contribution in [2.45, 2.75) is 10.9 Å². The Labute approximate surface area is 115 Å². The van der Waals surface area contributed by atoms with Crippen molar-refractivity contribution in [3.05, 3.63) is 59.7 Å². The van der Waals surface area contributed by atoms with Crippen LogP contribution in [0, 0.1) is 11.3 Å². The molecule has 92 valence electrons. The molecule has 0 spiro atoms. The third kappa shape index (κ3) is 2.61. The lowest BCUT2D eigenvalue weighted by atomic mass is 10.2. The molecule has 0 aliphatic carbocycles. The van der Waals surface area contributed by atoms with Crippen molar-refractivity contribution < 1.29 is 0 Å². The normalized spacial score (nSPS) is 10.5. The van der Waals surface area contributed by atoms with Gasteiger partial charge in [0.15, 0.2) is 5.16 Å². The Morgan fingerprint density at radius 3 is 2.63 bits per heavy atom. The van der Waals surface area contributed by atoms with Gasteiger partial charge < -0.3 is 4.98 Å². The highest BCUT2D eigenvalue weighted by Crippen LogP contribution is 2.22. The van der Waals surface area contributed by atoms with Gasteiger partial charge in [-0.1, -0.05) is 36.0 Å². The van der Waals surface area contributed by atoms with Crippen molar-refractivity contribution in [3.8, 4) is 6.07 Å². The van der Waals surface area contributed by atoms with Crippen LogP contribution in [0.25, 0.3) is 11.0 Å². The SMILES string of the molecule is N#Cc1ccc(CSc2nc3ccccc3[nH]2)cc1. The molecule has 0 aliphatic rings. The molecule has 1 aromatic heterocycles. The zero-order chi connectivity index (χ0) is 13.1. The van der Waals surface area contributed by atoms with Crippen molar-refractivity contribution in [2.75, 3.05) is 0 Å². The van der Waals surface area contributed by atoms with Crippen LogP contribution in [0.4, 0.5) is 0 Å². The fourth-order valence-electron chi connectivity index (χ4n) is 1.82.